The summed E-state index contributed by atoms with van der Waals surface area (Å²) in [5, 5.41) is 45.8. The monoisotopic (exact) mass is 1590 g/mol. The summed E-state index contributed by atoms with van der Waals surface area (Å²) in [7, 11) is 0. The minimum atomic E-state index is -1.94. The van der Waals surface area contributed by atoms with Gasteiger partial charge in [0.25, 0.3) is 0 Å². The van der Waals surface area contributed by atoms with E-state index in [1.165, 1.54) is 116 Å². The van der Waals surface area contributed by atoms with Gasteiger partial charge in [0.05, 0.1) is 12.6 Å². The van der Waals surface area contributed by atoms with Gasteiger partial charge in [0, 0.05) is 39.2 Å². The van der Waals surface area contributed by atoms with Gasteiger partial charge in [0.1, 0.15) is 81.1 Å². The summed E-state index contributed by atoms with van der Waals surface area (Å²) >= 11 is 0. The molecule has 1 heterocycles. The van der Waals surface area contributed by atoms with E-state index >= 15 is 0 Å². The fourth-order valence-electron chi connectivity index (χ4n) is 11.5. The van der Waals surface area contributed by atoms with Crippen molar-refractivity contribution in [2.75, 3.05) is 6.61 Å². The quantitative estimate of drug-likeness (QED) is 0.0323. The number of carbonyl (C=O) groups excluding carboxylic acids is 18. The molecule has 0 fully saturated rings. The molecule has 1 aliphatic heterocycles. The predicted molar refractivity (Wildman–Crippen MR) is 416 cm³/mol. The molecular formula is C76H126N18O19. The van der Waals surface area contributed by atoms with E-state index in [1.54, 1.807) is 27.7 Å². The molecule has 0 saturated heterocycles. The second-order valence-corrected chi connectivity index (χ2v) is 34.0. The zero-order valence-corrected chi connectivity index (χ0v) is 69.6. The van der Waals surface area contributed by atoms with E-state index in [9.17, 15) is 91.4 Å². The van der Waals surface area contributed by atoms with E-state index in [1.807, 2.05) is 38.1 Å². The van der Waals surface area contributed by atoms with Crippen LogP contribution in [0.4, 0.5) is 0 Å². The third-order valence-corrected chi connectivity index (χ3v) is 18.6. The molecule has 1 aromatic rings. The summed E-state index contributed by atoms with van der Waals surface area (Å²) in [6, 6.07) is -2.73. The molecule has 0 unspecified atom stereocenters. The normalized spacial score (nSPS) is 15.2. The van der Waals surface area contributed by atoms with Crippen LogP contribution in [0.2, 0.25) is 0 Å². The zero-order valence-electron chi connectivity index (χ0n) is 69.6. The van der Waals surface area contributed by atoms with E-state index in [4.69, 9.17) is 17.2 Å². The molecule has 21 N–H and O–H groups in total. The van der Waals surface area contributed by atoms with Gasteiger partial charge in [-0.2, -0.15) is 0 Å². The van der Waals surface area contributed by atoms with Crippen LogP contribution in [-0.2, 0) is 99.3 Å². The van der Waals surface area contributed by atoms with Crippen molar-refractivity contribution in [1.82, 2.24) is 79.3 Å². The molecule has 634 valence electrons. The number of primary amides is 3. The van der Waals surface area contributed by atoms with Crippen LogP contribution in [-0.4, -0.2) is 210 Å². The molecule has 0 aliphatic carbocycles. The standard InChI is InChI=1S/C76H126N18O19/c1-39(2)33-46(38-95)81-57(101)47(27-30-53(77)97)83-63(107)70(9,10)89-60(104)50(34-40(3)4)82-58(102)48(28-31-54(78)98)84-65(109)72(13,14)92-69(113)76(21,22)93-68(112)75(19,20)88-59(103)49(29-32-55(79)99)85-64(108)71(11,12)90-61(105)51(35-41(5)6)86-66(110)73(15,16)91-67(111)74(17,18)87-56(100)42(7)80-62(106)52-36-44-25-23-24-26-45(44)37-94(52)43(8)96/h23-26,39-42,46-52,95H,27-38H2,1-22H3,(H2,77,97)(H2,78,98)(H2,79,99)(H,80,106)(H,81,101)(H,82,102)(H,83,107)(H,84,109)(H,85,108)(H,86,110)(H,87,100)(H,88,103)(H,89,104)(H,90,105)(H,91,111)(H,92,113)(H,93,112)/t42-,46-,47-,48-,49-,50-,51-,52-/m0/s1. The number of amides is 18. The van der Waals surface area contributed by atoms with Gasteiger partial charge in [0.15, 0.2) is 0 Å². The second-order valence-electron chi connectivity index (χ2n) is 34.0. The summed E-state index contributed by atoms with van der Waals surface area (Å²) in [5.74, 6) is -15.8. The first-order chi connectivity index (χ1) is 51.6. The number of fused-ring (bicyclic) bond motifs is 1. The average Bonchev–Trinajstić information content (AvgIpc) is 1.25. The third kappa shape index (κ3) is 31.6. The molecule has 0 radical (unpaired) electrons. The Morgan fingerprint density at radius 3 is 1.02 bits per heavy atom. The number of aliphatic hydroxyl groups is 1. The summed E-state index contributed by atoms with van der Waals surface area (Å²) in [6.45, 7) is 31.3. The molecule has 37 nitrogen and oxygen atoms in total. The number of rotatable bonds is 44. The topological polar surface area (TPSA) is 577 Å². The van der Waals surface area contributed by atoms with Crippen LogP contribution in [0.25, 0.3) is 0 Å². The molecule has 18 amide bonds. The van der Waals surface area contributed by atoms with Crippen molar-refractivity contribution in [2.24, 2.45) is 35.0 Å². The smallest absolute Gasteiger partial charge is 0.246 e. The highest BCUT2D eigenvalue weighted by Gasteiger charge is 2.46. The van der Waals surface area contributed by atoms with Crippen LogP contribution in [0.15, 0.2) is 24.3 Å². The summed E-state index contributed by atoms with van der Waals surface area (Å²) < 4.78 is 0. The number of nitrogens with zero attached hydrogens (tertiary/aromatic N) is 1. The van der Waals surface area contributed by atoms with Crippen LogP contribution < -0.4 is 91.6 Å². The van der Waals surface area contributed by atoms with Gasteiger partial charge in [-0.1, -0.05) is 65.8 Å². The maximum Gasteiger partial charge on any atom is 0.246 e. The minimum absolute atomic E-state index is 0.00353. The molecular weight excluding hydrogens is 1470 g/mol. The maximum absolute atomic E-state index is 14.2. The lowest BCUT2D eigenvalue weighted by Gasteiger charge is -2.36. The highest BCUT2D eigenvalue weighted by atomic mass is 16.3. The number of benzene rings is 1. The van der Waals surface area contributed by atoms with Crippen LogP contribution >= 0.6 is 0 Å². The van der Waals surface area contributed by atoms with Gasteiger partial charge >= 0.3 is 0 Å². The molecule has 2 rings (SSSR count). The van der Waals surface area contributed by atoms with Gasteiger partial charge in [-0.25, -0.2) is 0 Å². The maximum atomic E-state index is 14.2. The fourth-order valence-corrected chi connectivity index (χ4v) is 11.5. The van der Waals surface area contributed by atoms with Crippen LogP contribution in [0, 0.1) is 17.8 Å². The number of carbonyl (C=O) groups is 18. The second kappa shape index (κ2) is 41.4. The van der Waals surface area contributed by atoms with Crippen molar-refractivity contribution in [1.29, 1.82) is 0 Å². The Morgan fingerprint density at radius 1 is 0.381 bits per heavy atom. The van der Waals surface area contributed by atoms with E-state index in [0.29, 0.717) is 6.42 Å². The number of hydrogen-bond donors (Lipinski definition) is 18. The van der Waals surface area contributed by atoms with Gasteiger partial charge in [0.2, 0.25) is 106 Å². The van der Waals surface area contributed by atoms with E-state index < -0.39 is 220 Å². The lowest BCUT2D eigenvalue weighted by molar-refractivity contribution is -0.142. The van der Waals surface area contributed by atoms with Gasteiger partial charge in [-0.05, 0) is 171 Å². The first-order valence-corrected chi connectivity index (χ1v) is 37.8. The van der Waals surface area contributed by atoms with Gasteiger partial charge < -0.3 is 102 Å². The highest BCUT2D eigenvalue weighted by Crippen LogP contribution is 2.25. The molecule has 0 aromatic heterocycles. The number of hydrogen-bond acceptors (Lipinski definition) is 19. The van der Waals surface area contributed by atoms with Crippen molar-refractivity contribution in [2.45, 2.75) is 310 Å². The predicted octanol–water partition coefficient (Wildman–Crippen LogP) is -2.44. The first-order valence-electron chi connectivity index (χ1n) is 37.8. The SMILES string of the molecule is CC(=O)N1Cc2ccccc2C[C@H]1C(=O)N[C@@H](C)C(=O)NC(C)(C)C(=O)NC(C)(C)C(=O)N[C@@H](CC(C)C)C(=O)NC(C)(C)C(=O)N[C@@H](CCC(N)=O)C(=O)NC(C)(C)C(=O)NC(C)(C)C(=O)NC(C)(C)C(=O)N[C@@H](CCC(N)=O)C(=O)N[C@@H](CC(C)C)C(=O)NC(C)(C)C(=O)N[C@@H](CCC(N)=O)C(=O)N[C@H](CO)CC(C)C. The summed E-state index contributed by atoms with van der Waals surface area (Å²) in [5.41, 5.74) is 5.09. The van der Waals surface area contributed by atoms with E-state index in [0.717, 1.165) is 11.1 Å². The molecule has 113 heavy (non-hydrogen) atoms. The summed E-state index contributed by atoms with van der Waals surface area (Å²) in [6.07, 6.45) is -1.77. The molecule has 0 saturated carbocycles. The number of nitrogens with one attached hydrogen (secondary N) is 14. The fraction of sp³-hybridized carbons (Fsp3) is 0.684. The Morgan fingerprint density at radius 2 is 0.673 bits per heavy atom. The first kappa shape index (κ1) is 98.7. The molecule has 8 atom stereocenters. The highest BCUT2D eigenvalue weighted by molar-refractivity contribution is 6.03. The Hall–Kier alpha value is -10.4. The summed E-state index contributed by atoms with van der Waals surface area (Å²) in [4.78, 5) is 246. The molecule has 0 spiro atoms. The van der Waals surface area contributed by atoms with Crippen molar-refractivity contribution >= 4 is 106 Å². The Labute approximate surface area is 661 Å². The Kier molecular flexibility index (Phi) is 36.2. The Bertz CT molecular complexity index is 3700. The number of aliphatic hydroxyl groups excluding tert-OH is 1. The molecule has 1 aromatic carbocycles. The average molecular weight is 1600 g/mol. The van der Waals surface area contributed by atoms with E-state index in [2.05, 4.69) is 74.4 Å². The lowest BCUT2D eigenvalue weighted by atomic mass is 9.93. The Balaban J connectivity index is 2.26. The van der Waals surface area contributed by atoms with E-state index in [-0.39, 0.29) is 62.3 Å². The molecule has 1 aliphatic rings. The largest absolute Gasteiger partial charge is 0.394 e. The minimum Gasteiger partial charge on any atom is -0.394 e. The molecule has 0 bridgehead atoms. The van der Waals surface area contributed by atoms with Crippen molar-refractivity contribution < 1.29 is 91.4 Å². The van der Waals surface area contributed by atoms with Crippen molar-refractivity contribution in [3.63, 3.8) is 0 Å². The zero-order chi connectivity index (χ0) is 87.2. The van der Waals surface area contributed by atoms with Crippen molar-refractivity contribution in [3.05, 3.63) is 35.4 Å². The third-order valence-electron chi connectivity index (χ3n) is 18.6. The van der Waals surface area contributed by atoms with Gasteiger partial charge in [-0.15, -0.1) is 0 Å². The van der Waals surface area contributed by atoms with Crippen LogP contribution in [0.5, 0.6) is 0 Å². The van der Waals surface area contributed by atoms with Crippen LogP contribution in [0.1, 0.15) is 221 Å². The lowest BCUT2D eigenvalue weighted by Crippen LogP contribution is -2.68. The molecule has 37 heteroatoms. The number of nitrogens with two attached hydrogens (primary N) is 3. The van der Waals surface area contributed by atoms with Gasteiger partial charge in [-0.3, -0.25) is 86.3 Å². The van der Waals surface area contributed by atoms with Crippen molar-refractivity contribution in [3.8, 4) is 0 Å². The van der Waals surface area contributed by atoms with Crippen LogP contribution in [0.3, 0.4) is 0 Å².